The van der Waals surface area contributed by atoms with E-state index in [0.29, 0.717) is 5.56 Å². The number of hydrogen-bond donors (Lipinski definition) is 2. The first-order chi connectivity index (χ1) is 11.0. The van der Waals surface area contributed by atoms with Crippen LogP contribution in [0.15, 0.2) is 24.3 Å². The van der Waals surface area contributed by atoms with Crippen molar-refractivity contribution < 1.29 is 14.0 Å². The number of hydrogen-bond acceptors (Lipinski definition) is 2. The van der Waals surface area contributed by atoms with Gasteiger partial charge < -0.3 is 15.5 Å². The second kappa shape index (κ2) is 7.94. The Morgan fingerprint density at radius 1 is 1.39 bits per heavy atom. The molecule has 1 saturated heterocycles. The van der Waals surface area contributed by atoms with E-state index in [-0.39, 0.29) is 24.3 Å². The molecule has 0 unspecified atom stereocenters. The largest absolute Gasteiger partial charge is 0.338 e. The molecule has 1 aromatic carbocycles. The number of urea groups is 1. The van der Waals surface area contributed by atoms with Crippen LogP contribution in [0.4, 0.5) is 9.18 Å². The van der Waals surface area contributed by atoms with Crippen LogP contribution in [0.5, 0.6) is 0 Å². The van der Waals surface area contributed by atoms with Gasteiger partial charge in [0.2, 0.25) is 5.91 Å². The second-order valence-electron chi connectivity index (χ2n) is 6.06. The first-order valence-electron chi connectivity index (χ1n) is 8.06. The number of benzene rings is 1. The molecule has 126 valence electrons. The minimum absolute atomic E-state index is 0.0573. The highest BCUT2D eigenvalue weighted by Crippen LogP contribution is 2.17. The zero-order valence-corrected chi connectivity index (χ0v) is 13.6. The van der Waals surface area contributed by atoms with Gasteiger partial charge in [-0.2, -0.15) is 0 Å². The van der Waals surface area contributed by atoms with Crippen LogP contribution in [-0.4, -0.2) is 35.5 Å². The summed E-state index contributed by atoms with van der Waals surface area (Å²) in [7, 11) is 0. The van der Waals surface area contributed by atoms with Gasteiger partial charge in [-0.25, -0.2) is 9.18 Å². The molecule has 1 aliphatic heterocycles. The Morgan fingerprint density at radius 2 is 2.17 bits per heavy atom. The Morgan fingerprint density at radius 3 is 2.87 bits per heavy atom. The first-order valence-corrected chi connectivity index (χ1v) is 8.06. The van der Waals surface area contributed by atoms with Gasteiger partial charge in [-0.05, 0) is 50.8 Å². The average molecular weight is 321 g/mol. The van der Waals surface area contributed by atoms with Crippen molar-refractivity contribution in [3.8, 4) is 0 Å². The number of piperidine rings is 1. The molecular weight excluding hydrogens is 297 g/mol. The van der Waals surface area contributed by atoms with E-state index in [1.165, 1.54) is 12.1 Å². The van der Waals surface area contributed by atoms with Crippen LogP contribution in [0.1, 0.15) is 38.7 Å². The molecule has 0 spiro atoms. The zero-order chi connectivity index (χ0) is 16.8. The monoisotopic (exact) mass is 321 g/mol. The highest BCUT2D eigenvalue weighted by molar-refractivity contribution is 5.86. The van der Waals surface area contributed by atoms with Crippen molar-refractivity contribution in [3.63, 3.8) is 0 Å². The van der Waals surface area contributed by atoms with Gasteiger partial charge >= 0.3 is 6.03 Å². The smallest absolute Gasteiger partial charge is 0.315 e. The van der Waals surface area contributed by atoms with Crippen LogP contribution in [0, 0.1) is 5.82 Å². The third-order valence-electron chi connectivity index (χ3n) is 4.15. The van der Waals surface area contributed by atoms with Crippen molar-refractivity contribution in [1.29, 1.82) is 0 Å². The number of likely N-dealkylation sites (tertiary alicyclic amines) is 1. The summed E-state index contributed by atoms with van der Waals surface area (Å²) >= 11 is 0. The fourth-order valence-electron chi connectivity index (χ4n) is 2.81. The number of carbonyl (C=O) groups excluding carboxylic acids is 2. The molecule has 2 atom stereocenters. The molecule has 5 nitrogen and oxygen atoms in total. The van der Waals surface area contributed by atoms with Gasteiger partial charge in [-0.1, -0.05) is 12.1 Å². The van der Waals surface area contributed by atoms with E-state index < -0.39 is 12.1 Å². The van der Waals surface area contributed by atoms with Gasteiger partial charge in [0.05, 0.1) is 0 Å². The average Bonchev–Trinajstić information content (AvgIpc) is 2.53. The van der Waals surface area contributed by atoms with Crippen molar-refractivity contribution in [2.45, 2.75) is 51.7 Å². The molecule has 1 fully saturated rings. The molecule has 0 aliphatic carbocycles. The molecule has 1 aromatic rings. The van der Waals surface area contributed by atoms with Crippen LogP contribution in [-0.2, 0) is 11.3 Å². The van der Waals surface area contributed by atoms with E-state index in [1.54, 1.807) is 19.1 Å². The van der Waals surface area contributed by atoms with Crippen molar-refractivity contribution in [2.75, 3.05) is 6.54 Å². The first kappa shape index (κ1) is 17.2. The Bertz CT molecular complexity index is 565. The maximum atomic E-state index is 13.1. The molecule has 23 heavy (non-hydrogen) atoms. The molecule has 1 aliphatic rings. The minimum atomic E-state index is -0.581. The lowest BCUT2D eigenvalue weighted by Gasteiger charge is -2.35. The summed E-state index contributed by atoms with van der Waals surface area (Å²) < 4.78 is 13.1. The van der Waals surface area contributed by atoms with Gasteiger partial charge in [0.15, 0.2) is 0 Å². The quantitative estimate of drug-likeness (QED) is 0.894. The summed E-state index contributed by atoms with van der Waals surface area (Å²) in [5.41, 5.74) is 0.670. The van der Waals surface area contributed by atoms with Crippen LogP contribution in [0.3, 0.4) is 0 Å². The summed E-state index contributed by atoms with van der Waals surface area (Å²) in [6, 6.07) is 5.24. The minimum Gasteiger partial charge on any atom is -0.338 e. The molecule has 0 radical (unpaired) electrons. The highest BCUT2D eigenvalue weighted by atomic mass is 19.1. The number of nitrogens with zero attached hydrogens (tertiary/aromatic N) is 1. The van der Waals surface area contributed by atoms with Crippen LogP contribution in [0.25, 0.3) is 0 Å². The van der Waals surface area contributed by atoms with E-state index >= 15 is 0 Å². The Kier molecular flexibility index (Phi) is 5.96. The lowest BCUT2D eigenvalue weighted by molar-refractivity contribution is -0.136. The molecule has 1 heterocycles. The van der Waals surface area contributed by atoms with E-state index in [1.807, 2.05) is 11.8 Å². The van der Waals surface area contributed by atoms with Gasteiger partial charge in [-0.15, -0.1) is 0 Å². The zero-order valence-electron chi connectivity index (χ0n) is 13.6. The van der Waals surface area contributed by atoms with E-state index in [9.17, 15) is 14.0 Å². The van der Waals surface area contributed by atoms with E-state index in [4.69, 9.17) is 0 Å². The lowest BCUT2D eigenvalue weighted by atomic mass is 10.0. The number of nitrogens with one attached hydrogen (secondary N) is 2. The number of rotatable bonds is 4. The Balaban J connectivity index is 1.80. The molecular formula is C17H24FN3O2. The maximum Gasteiger partial charge on any atom is 0.315 e. The molecule has 0 aromatic heterocycles. The fraction of sp³-hybridized carbons (Fsp3) is 0.529. The molecule has 2 N–H and O–H groups in total. The summed E-state index contributed by atoms with van der Waals surface area (Å²) in [5.74, 6) is -0.398. The predicted molar refractivity (Wildman–Crippen MR) is 86.3 cm³/mol. The summed E-state index contributed by atoms with van der Waals surface area (Å²) in [4.78, 5) is 26.1. The molecule has 0 bridgehead atoms. The van der Waals surface area contributed by atoms with E-state index in [0.717, 1.165) is 25.8 Å². The van der Waals surface area contributed by atoms with Gasteiger partial charge in [0.1, 0.15) is 11.9 Å². The van der Waals surface area contributed by atoms with Gasteiger partial charge in [0, 0.05) is 19.1 Å². The van der Waals surface area contributed by atoms with Crippen LogP contribution < -0.4 is 10.6 Å². The second-order valence-corrected chi connectivity index (χ2v) is 6.06. The third kappa shape index (κ3) is 4.94. The predicted octanol–water partition coefficient (Wildman–Crippen LogP) is 2.41. The maximum absolute atomic E-state index is 13.1. The molecule has 0 saturated carbocycles. The molecule has 2 rings (SSSR count). The SMILES string of the molecule is C[C@H](NC(=O)NCc1cccc(F)c1)C(=O)N1CCCC[C@H]1C. The Labute approximate surface area is 136 Å². The standard InChI is InChI=1S/C17H24FN3O2/c1-12-6-3-4-9-21(12)16(22)13(2)20-17(23)19-11-14-7-5-8-15(18)10-14/h5,7-8,10,12-13H,3-4,6,9,11H2,1-2H3,(H2,19,20,23)/t12-,13+/m1/s1. The summed E-state index contributed by atoms with van der Waals surface area (Å²) in [5, 5.41) is 5.29. The van der Waals surface area contributed by atoms with Crippen LogP contribution in [0.2, 0.25) is 0 Å². The number of carbonyl (C=O) groups is 2. The third-order valence-corrected chi connectivity index (χ3v) is 4.15. The number of amides is 3. The Hall–Kier alpha value is -2.11. The van der Waals surface area contributed by atoms with Crippen LogP contribution >= 0.6 is 0 Å². The summed E-state index contributed by atoms with van der Waals surface area (Å²) in [6.07, 6.45) is 3.15. The molecule has 3 amide bonds. The molecule has 6 heteroatoms. The van der Waals surface area contributed by atoms with Crippen molar-refractivity contribution in [3.05, 3.63) is 35.6 Å². The van der Waals surface area contributed by atoms with E-state index in [2.05, 4.69) is 10.6 Å². The highest BCUT2D eigenvalue weighted by Gasteiger charge is 2.27. The van der Waals surface area contributed by atoms with Crippen molar-refractivity contribution in [2.24, 2.45) is 0 Å². The normalized spacial score (nSPS) is 19.1. The topological polar surface area (TPSA) is 61.4 Å². The van der Waals surface area contributed by atoms with Gasteiger partial charge in [0.25, 0.3) is 0 Å². The fourth-order valence-corrected chi connectivity index (χ4v) is 2.81. The van der Waals surface area contributed by atoms with Crippen molar-refractivity contribution in [1.82, 2.24) is 15.5 Å². The van der Waals surface area contributed by atoms with Crippen molar-refractivity contribution >= 4 is 11.9 Å². The van der Waals surface area contributed by atoms with Gasteiger partial charge in [-0.3, -0.25) is 4.79 Å². The lowest BCUT2D eigenvalue weighted by Crippen LogP contribution is -2.53. The number of halogens is 1. The summed E-state index contributed by atoms with van der Waals surface area (Å²) in [6.45, 7) is 4.68.